The topological polar surface area (TPSA) is 79.3 Å². The summed E-state index contributed by atoms with van der Waals surface area (Å²) in [6, 6.07) is 0. The molecule has 0 unspecified atom stereocenters. The number of carboxylic acid groups (broad SMARTS) is 1. The average molecular weight is 282 g/mol. The van der Waals surface area contributed by atoms with Crippen molar-refractivity contribution in [3.63, 3.8) is 0 Å². The second-order valence-corrected chi connectivity index (χ2v) is 5.80. The number of aromatic nitrogens is 1. The Morgan fingerprint density at radius 2 is 2.16 bits per heavy atom. The Labute approximate surface area is 116 Å². The number of aliphatic carboxylic acids is 1. The third-order valence-corrected chi connectivity index (χ3v) is 4.18. The van der Waals surface area contributed by atoms with E-state index in [1.54, 1.807) is 5.51 Å². The van der Waals surface area contributed by atoms with E-state index in [0.29, 0.717) is 12.8 Å². The van der Waals surface area contributed by atoms with Gasteiger partial charge in [0.25, 0.3) is 0 Å². The summed E-state index contributed by atoms with van der Waals surface area (Å²) in [5.74, 6) is -0.919. The van der Waals surface area contributed by atoms with Crippen LogP contribution in [0.15, 0.2) is 10.9 Å². The molecule has 0 aromatic carbocycles. The zero-order valence-corrected chi connectivity index (χ0v) is 11.5. The van der Waals surface area contributed by atoms with Gasteiger partial charge in [0.1, 0.15) is 0 Å². The van der Waals surface area contributed by atoms with Crippen molar-refractivity contribution in [2.45, 2.75) is 50.5 Å². The first-order valence-corrected chi connectivity index (χ1v) is 7.44. The lowest BCUT2D eigenvalue weighted by Crippen LogP contribution is -2.47. The number of carboxylic acids is 1. The second kappa shape index (κ2) is 6.14. The van der Waals surface area contributed by atoms with Gasteiger partial charge in [-0.2, -0.15) is 0 Å². The minimum atomic E-state index is -0.846. The molecule has 19 heavy (non-hydrogen) atoms. The van der Waals surface area contributed by atoms with Crippen molar-refractivity contribution in [1.82, 2.24) is 10.3 Å². The Bertz CT molecular complexity index is 439. The first kappa shape index (κ1) is 14.0. The van der Waals surface area contributed by atoms with Crippen LogP contribution in [0.4, 0.5) is 0 Å². The molecule has 1 heterocycles. The van der Waals surface area contributed by atoms with Crippen LogP contribution >= 0.6 is 11.3 Å². The highest BCUT2D eigenvalue weighted by molar-refractivity contribution is 7.07. The molecule has 2 rings (SSSR count). The fraction of sp³-hybridized carbons (Fsp3) is 0.615. The first-order chi connectivity index (χ1) is 9.10. The summed E-state index contributed by atoms with van der Waals surface area (Å²) in [5, 5.41) is 13.8. The van der Waals surface area contributed by atoms with Gasteiger partial charge < -0.3 is 10.4 Å². The highest BCUT2D eigenvalue weighted by Gasteiger charge is 2.37. The first-order valence-electron chi connectivity index (χ1n) is 6.50. The minimum absolute atomic E-state index is 0.0233. The van der Waals surface area contributed by atoms with Gasteiger partial charge in [0, 0.05) is 11.8 Å². The van der Waals surface area contributed by atoms with Crippen LogP contribution < -0.4 is 5.32 Å². The lowest BCUT2D eigenvalue weighted by Gasteiger charge is -2.28. The number of thiazole rings is 1. The van der Waals surface area contributed by atoms with E-state index in [1.165, 1.54) is 11.3 Å². The molecule has 1 saturated carbocycles. The van der Waals surface area contributed by atoms with Crippen LogP contribution in [0.2, 0.25) is 0 Å². The van der Waals surface area contributed by atoms with Gasteiger partial charge >= 0.3 is 5.97 Å². The smallest absolute Gasteiger partial charge is 0.305 e. The maximum atomic E-state index is 12.0. The van der Waals surface area contributed by atoms with Gasteiger partial charge in [0.2, 0.25) is 5.91 Å². The van der Waals surface area contributed by atoms with Gasteiger partial charge in [-0.3, -0.25) is 9.59 Å². The molecule has 2 N–H and O–H groups in total. The molecule has 1 fully saturated rings. The molecule has 104 valence electrons. The van der Waals surface area contributed by atoms with E-state index in [4.69, 9.17) is 5.11 Å². The molecule has 0 bridgehead atoms. The Balaban J connectivity index is 1.86. The number of carbonyl (C=O) groups excluding carboxylic acids is 1. The van der Waals surface area contributed by atoms with Gasteiger partial charge in [-0.15, -0.1) is 11.3 Å². The van der Waals surface area contributed by atoms with Crippen molar-refractivity contribution < 1.29 is 14.7 Å². The zero-order chi connectivity index (χ0) is 13.7. The van der Waals surface area contributed by atoms with E-state index < -0.39 is 11.5 Å². The number of nitrogens with one attached hydrogen (secondary N) is 1. The number of aryl methyl sites for hydroxylation is 1. The monoisotopic (exact) mass is 282 g/mol. The predicted molar refractivity (Wildman–Crippen MR) is 72.0 cm³/mol. The van der Waals surface area contributed by atoms with Crippen LogP contribution in [0.5, 0.6) is 0 Å². The van der Waals surface area contributed by atoms with Crippen molar-refractivity contribution in [2.75, 3.05) is 0 Å². The van der Waals surface area contributed by atoms with E-state index in [9.17, 15) is 9.59 Å². The van der Waals surface area contributed by atoms with E-state index in [0.717, 1.165) is 31.4 Å². The van der Waals surface area contributed by atoms with Gasteiger partial charge in [-0.05, 0) is 19.3 Å². The van der Waals surface area contributed by atoms with Crippen molar-refractivity contribution >= 4 is 23.2 Å². The van der Waals surface area contributed by atoms with Gasteiger partial charge in [-0.1, -0.05) is 12.8 Å². The molecule has 1 aliphatic rings. The molecule has 1 aromatic rings. The average Bonchev–Trinajstić information content (AvgIpc) is 2.97. The van der Waals surface area contributed by atoms with Crippen molar-refractivity contribution in [3.05, 3.63) is 16.6 Å². The summed E-state index contributed by atoms with van der Waals surface area (Å²) < 4.78 is 0. The second-order valence-electron chi connectivity index (χ2n) is 5.09. The summed E-state index contributed by atoms with van der Waals surface area (Å²) in [4.78, 5) is 27.0. The zero-order valence-electron chi connectivity index (χ0n) is 10.7. The van der Waals surface area contributed by atoms with E-state index >= 15 is 0 Å². The summed E-state index contributed by atoms with van der Waals surface area (Å²) in [6.45, 7) is 0. The highest BCUT2D eigenvalue weighted by atomic mass is 32.1. The Kier molecular flexibility index (Phi) is 4.52. The number of rotatable bonds is 6. The van der Waals surface area contributed by atoms with E-state index in [2.05, 4.69) is 10.3 Å². The third kappa shape index (κ3) is 4.02. The van der Waals surface area contributed by atoms with Gasteiger partial charge in [0.05, 0.1) is 23.2 Å². The Morgan fingerprint density at radius 1 is 1.42 bits per heavy atom. The lowest BCUT2D eigenvalue weighted by atomic mass is 9.93. The molecule has 0 atom stereocenters. The number of nitrogens with zero attached hydrogens (tertiary/aromatic N) is 1. The fourth-order valence-corrected chi connectivity index (χ4v) is 3.24. The minimum Gasteiger partial charge on any atom is -0.481 e. The molecule has 1 aliphatic carbocycles. The molecular weight excluding hydrogens is 264 g/mol. The molecule has 0 radical (unpaired) electrons. The number of hydrogen-bond acceptors (Lipinski definition) is 4. The molecule has 1 aromatic heterocycles. The molecule has 6 heteroatoms. The SMILES string of the molecule is O=C(O)CC1(NC(=O)CCc2cscn2)CCCC1. The van der Waals surface area contributed by atoms with Crippen LogP contribution in [0.3, 0.4) is 0 Å². The van der Waals surface area contributed by atoms with Gasteiger partial charge in [-0.25, -0.2) is 4.98 Å². The molecule has 0 saturated heterocycles. The molecule has 0 spiro atoms. The van der Waals surface area contributed by atoms with Crippen LogP contribution in [0, 0.1) is 0 Å². The molecular formula is C13H18N2O3S. The van der Waals surface area contributed by atoms with Crippen LogP contribution in [0.1, 0.15) is 44.2 Å². The fourth-order valence-electron chi connectivity index (χ4n) is 2.65. The summed E-state index contributed by atoms with van der Waals surface area (Å²) >= 11 is 1.51. The molecule has 1 amide bonds. The predicted octanol–water partition coefficient (Wildman–Crippen LogP) is 1.98. The normalized spacial score (nSPS) is 17.3. The summed E-state index contributed by atoms with van der Waals surface area (Å²) in [6.07, 6.45) is 4.50. The van der Waals surface area contributed by atoms with E-state index in [1.807, 2.05) is 5.38 Å². The Morgan fingerprint density at radius 3 is 2.74 bits per heavy atom. The van der Waals surface area contributed by atoms with Crippen molar-refractivity contribution in [1.29, 1.82) is 0 Å². The van der Waals surface area contributed by atoms with E-state index in [-0.39, 0.29) is 12.3 Å². The standard InChI is InChI=1S/C13H18N2O3S/c16-11(4-3-10-8-19-9-14-10)15-13(7-12(17)18)5-1-2-6-13/h8-9H,1-7H2,(H,15,16)(H,17,18). The molecule has 5 nitrogen and oxygen atoms in total. The van der Waals surface area contributed by atoms with Crippen molar-refractivity contribution in [3.8, 4) is 0 Å². The third-order valence-electron chi connectivity index (χ3n) is 3.55. The van der Waals surface area contributed by atoms with Crippen LogP contribution in [-0.2, 0) is 16.0 Å². The number of carbonyl (C=O) groups is 2. The van der Waals surface area contributed by atoms with Crippen molar-refractivity contribution in [2.24, 2.45) is 0 Å². The lowest BCUT2D eigenvalue weighted by molar-refractivity contribution is -0.139. The van der Waals surface area contributed by atoms with Crippen LogP contribution in [0.25, 0.3) is 0 Å². The largest absolute Gasteiger partial charge is 0.481 e. The molecule has 0 aliphatic heterocycles. The van der Waals surface area contributed by atoms with Gasteiger partial charge in [0.15, 0.2) is 0 Å². The Hall–Kier alpha value is -1.43. The maximum absolute atomic E-state index is 12.0. The number of hydrogen-bond donors (Lipinski definition) is 2. The maximum Gasteiger partial charge on any atom is 0.305 e. The highest BCUT2D eigenvalue weighted by Crippen LogP contribution is 2.32. The quantitative estimate of drug-likeness (QED) is 0.836. The summed E-state index contributed by atoms with van der Waals surface area (Å²) in [5.41, 5.74) is 2.14. The van der Waals surface area contributed by atoms with Crippen LogP contribution in [-0.4, -0.2) is 27.5 Å². The number of amides is 1. The summed E-state index contributed by atoms with van der Waals surface area (Å²) in [7, 11) is 0.